The van der Waals surface area contributed by atoms with E-state index in [0.29, 0.717) is 31.0 Å². The zero-order valence-corrected chi connectivity index (χ0v) is 19.4. The van der Waals surface area contributed by atoms with Gasteiger partial charge in [-0.3, -0.25) is 4.99 Å². The maximum Gasteiger partial charge on any atom is 0.416 e. The highest BCUT2D eigenvalue weighted by atomic mass is 127. The third-order valence-electron chi connectivity index (χ3n) is 4.73. The third-order valence-corrected chi connectivity index (χ3v) is 4.73. The highest BCUT2D eigenvalue weighted by molar-refractivity contribution is 14.0. The van der Waals surface area contributed by atoms with Gasteiger partial charge in [0.05, 0.1) is 11.3 Å². The molecule has 2 rings (SSSR count). The largest absolute Gasteiger partial charge is 0.416 e. The van der Waals surface area contributed by atoms with Crippen molar-refractivity contribution in [2.45, 2.75) is 45.7 Å². The fraction of sp³-hybridized carbons (Fsp3) is 0.500. The zero-order chi connectivity index (χ0) is 20.7. The number of benzene rings is 1. The van der Waals surface area contributed by atoms with Gasteiger partial charge in [-0.05, 0) is 44.2 Å². The highest BCUT2D eigenvalue weighted by Gasteiger charge is 2.30. The van der Waals surface area contributed by atoms with E-state index >= 15 is 0 Å². The van der Waals surface area contributed by atoms with E-state index in [9.17, 15) is 13.2 Å². The molecule has 2 aromatic rings. The van der Waals surface area contributed by atoms with Crippen molar-refractivity contribution < 1.29 is 17.7 Å². The number of alkyl halides is 3. The standard InChI is InChI=1S/C20H27F3N4O.HI/c1-13(16-6-5-7-17(12-16)20(21,22)23)8-10-25-19(24-4)26-11-9-18-14(2)27-28-15(18)3;/h5-7,12-13H,8-11H2,1-4H3,(H2,24,25,26);1H. The maximum absolute atomic E-state index is 12.9. The van der Waals surface area contributed by atoms with E-state index in [0.717, 1.165) is 29.5 Å². The van der Waals surface area contributed by atoms with Gasteiger partial charge < -0.3 is 15.2 Å². The van der Waals surface area contributed by atoms with Crippen LogP contribution in [0.3, 0.4) is 0 Å². The predicted octanol–water partition coefficient (Wildman–Crippen LogP) is 4.83. The molecule has 0 aliphatic heterocycles. The zero-order valence-electron chi connectivity index (χ0n) is 17.1. The average molecular weight is 524 g/mol. The lowest BCUT2D eigenvalue weighted by molar-refractivity contribution is -0.137. The quantitative estimate of drug-likeness (QED) is 0.310. The number of guanidine groups is 1. The summed E-state index contributed by atoms with van der Waals surface area (Å²) in [6, 6.07) is 5.51. The summed E-state index contributed by atoms with van der Waals surface area (Å²) >= 11 is 0. The Balaban J connectivity index is 0.00000420. The molecule has 1 unspecified atom stereocenters. The Bertz CT molecular complexity index is 786. The van der Waals surface area contributed by atoms with Gasteiger partial charge >= 0.3 is 6.18 Å². The van der Waals surface area contributed by atoms with Gasteiger partial charge in [-0.1, -0.05) is 30.3 Å². The molecule has 2 N–H and O–H groups in total. The van der Waals surface area contributed by atoms with Gasteiger partial charge in [-0.25, -0.2) is 0 Å². The molecule has 1 atom stereocenters. The molecule has 5 nitrogen and oxygen atoms in total. The second-order valence-electron chi connectivity index (χ2n) is 6.79. The van der Waals surface area contributed by atoms with Crippen LogP contribution in [0.2, 0.25) is 0 Å². The second-order valence-corrected chi connectivity index (χ2v) is 6.79. The van der Waals surface area contributed by atoms with Crippen LogP contribution >= 0.6 is 24.0 Å². The number of hydrogen-bond acceptors (Lipinski definition) is 3. The van der Waals surface area contributed by atoms with Gasteiger partial charge in [0.25, 0.3) is 0 Å². The minimum absolute atomic E-state index is 0. The van der Waals surface area contributed by atoms with Crippen LogP contribution in [0.5, 0.6) is 0 Å². The number of aryl methyl sites for hydroxylation is 2. The topological polar surface area (TPSA) is 62.5 Å². The van der Waals surface area contributed by atoms with Crippen LogP contribution in [0.25, 0.3) is 0 Å². The van der Waals surface area contributed by atoms with E-state index in [-0.39, 0.29) is 29.9 Å². The first-order valence-electron chi connectivity index (χ1n) is 9.25. The summed E-state index contributed by atoms with van der Waals surface area (Å²) in [4.78, 5) is 4.17. The third kappa shape index (κ3) is 7.52. The van der Waals surface area contributed by atoms with Gasteiger partial charge in [-0.2, -0.15) is 13.2 Å². The maximum atomic E-state index is 12.9. The van der Waals surface area contributed by atoms with Crippen molar-refractivity contribution >= 4 is 29.9 Å². The minimum atomic E-state index is -4.32. The molecule has 0 spiro atoms. The molecule has 1 heterocycles. The van der Waals surface area contributed by atoms with Crippen LogP contribution in [0.4, 0.5) is 13.2 Å². The molecule has 162 valence electrons. The van der Waals surface area contributed by atoms with Crippen LogP contribution in [-0.2, 0) is 12.6 Å². The van der Waals surface area contributed by atoms with Gasteiger partial charge in [-0.15, -0.1) is 24.0 Å². The molecule has 1 aromatic heterocycles. The van der Waals surface area contributed by atoms with Crippen LogP contribution < -0.4 is 10.6 Å². The number of aromatic nitrogens is 1. The molecular weight excluding hydrogens is 496 g/mol. The first-order valence-corrected chi connectivity index (χ1v) is 9.25. The van der Waals surface area contributed by atoms with Gasteiger partial charge in [0.2, 0.25) is 0 Å². The smallest absolute Gasteiger partial charge is 0.361 e. The lowest BCUT2D eigenvalue weighted by Gasteiger charge is -2.16. The summed E-state index contributed by atoms with van der Waals surface area (Å²) in [7, 11) is 1.68. The molecule has 9 heteroatoms. The summed E-state index contributed by atoms with van der Waals surface area (Å²) in [6.45, 7) is 6.99. The van der Waals surface area contributed by atoms with Crippen molar-refractivity contribution in [2.24, 2.45) is 4.99 Å². The van der Waals surface area contributed by atoms with E-state index in [1.807, 2.05) is 20.8 Å². The summed E-state index contributed by atoms with van der Waals surface area (Å²) in [5, 5.41) is 10.4. The Hall–Kier alpha value is -1.78. The molecule has 0 fully saturated rings. The van der Waals surface area contributed by atoms with Crippen LogP contribution in [0, 0.1) is 13.8 Å². The first-order chi connectivity index (χ1) is 13.2. The van der Waals surface area contributed by atoms with Gasteiger partial charge in [0.15, 0.2) is 5.96 Å². The molecule has 0 aliphatic rings. The Kier molecular flexibility index (Phi) is 9.94. The Labute approximate surface area is 186 Å². The average Bonchev–Trinajstić information content (AvgIpc) is 2.98. The van der Waals surface area contributed by atoms with Crippen molar-refractivity contribution in [3.63, 3.8) is 0 Å². The Morgan fingerprint density at radius 2 is 1.90 bits per heavy atom. The molecule has 0 saturated heterocycles. The van der Waals surface area contributed by atoms with E-state index in [2.05, 4.69) is 20.8 Å². The molecule has 29 heavy (non-hydrogen) atoms. The summed E-state index contributed by atoms with van der Waals surface area (Å²) in [5.74, 6) is 1.47. The van der Waals surface area contributed by atoms with Crippen molar-refractivity contribution in [3.05, 3.63) is 52.4 Å². The molecule has 0 bridgehead atoms. The monoisotopic (exact) mass is 524 g/mol. The van der Waals surface area contributed by atoms with Crippen LogP contribution in [0.15, 0.2) is 33.8 Å². The number of halogens is 4. The van der Waals surface area contributed by atoms with Crippen molar-refractivity contribution in [2.75, 3.05) is 20.1 Å². The van der Waals surface area contributed by atoms with E-state index in [1.54, 1.807) is 13.1 Å². The highest BCUT2D eigenvalue weighted by Crippen LogP contribution is 2.31. The molecule has 0 radical (unpaired) electrons. The predicted molar refractivity (Wildman–Crippen MR) is 119 cm³/mol. The second kappa shape index (κ2) is 11.4. The molecule has 0 saturated carbocycles. The molecular formula is C20H28F3IN4O. The number of rotatable bonds is 7. The summed E-state index contributed by atoms with van der Waals surface area (Å²) < 4.78 is 43.7. The van der Waals surface area contributed by atoms with Crippen LogP contribution in [-0.4, -0.2) is 31.3 Å². The van der Waals surface area contributed by atoms with Gasteiger partial charge in [0, 0.05) is 25.7 Å². The molecule has 0 amide bonds. The van der Waals surface area contributed by atoms with Crippen LogP contribution in [0.1, 0.15) is 47.4 Å². The number of nitrogens with one attached hydrogen (secondary N) is 2. The van der Waals surface area contributed by atoms with E-state index < -0.39 is 11.7 Å². The molecule has 1 aromatic carbocycles. The summed E-state index contributed by atoms with van der Waals surface area (Å²) in [6.07, 6.45) is -2.87. The number of hydrogen-bond donors (Lipinski definition) is 2. The first kappa shape index (κ1) is 25.3. The minimum Gasteiger partial charge on any atom is -0.361 e. The lowest BCUT2D eigenvalue weighted by atomic mass is 9.96. The van der Waals surface area contributed by atoms with E-state index in [4.69, 9.17) is 4.52 Å². The van der Waals surface area contributed by atoms with Crippen molar-refractivity contribution in [1.82, 2.24) is 15.8 Å². The Morgan fingerprint density at radius 3 is 2.48 bits per heavy atom. The lowest BCUT2D eigenvalue weighted by Crippen LogP contribution is -2.39. The SMILES string of the molecule is CN=C(NCCc1c(C)noc1C)NCCC(C)c1cccc(C(F)(F)F)c1.I. The fourth-order valence-corrected chi connectivity index (χ4v) is 2.98. The Morgan fingerprint density at radius 1 is 1.21 bits per heavy atom. The van der Waals surface area contributed by atoms with E-state index in [1.165, 1.54) is 12.1 Å². The van der Waals surface area contributed by atoms with Crippen molar-refractivity contribution in [3.8, 4) is 0 Å². The number of aliphatic imine (C=N–C) groups is 1. The summed E-state index contributed by atoms with van der Waals surface area (Å²) in [5.41, 5.74) is 2.04. The van der Waals surface area contributed by atoms with Gasteiger partial charge in [0.1, 0.15) is 5.76 Å². The normalized spacial score (nSPS) is 13.0. The number of nitrogens with zero attached hydrogens (tertiary/aromatic N) is 2. The fourth-order valence-electron chi connectivity index (χ4n) is 2.98. The van der Waals surface area contributed by atoms with Crippen molar-refractivity contribution in [1.29, 1.82) is 0 Å². The molecule has 0 aliphatic carbocycles.